The van der Waals surface area contributed by atoms with Crippen LogP contribution in [0.5, 0.6) is 0 Å². The molecule has 0 saturated carbocycles. The van der Waals surface area contributed by atoms with E-state index in [0.29, 0.717) is 12.4 Å². The van der Waals surface area contributed by atoms with Crippen molar-refractivity contribution in [3.05, 3.63) is 11.5 Å². The van der Waals surface area contributed by atoms with Crippen molar-refractivity contribution in [3.8, 4) is 0 Å². The average Bonchev–Trinajstić information content (AvgIpc) is 2.03. The highest BCUT2D eigenvalue weighted by atomic mass is 35.5. The van der Waals surface area contributed by atoms with E-state index in [4.69, 9.17) is 17.3 Å². The average molecular weight is 202 g/mol. The Bertz CT molecular complexity index is 305. The number of nitrogens with two attached hydrogens (primary N) is 1. The van der Waals surface area contributed by atoms with Gasteiger partial charge in [0.15, 0.2) is 0 Å². The van der Waals surface area contributed by atoms with Crippen LogP contribution < -0.4 is 11.1 Å². The SMILES string of the molecule is NC(=O)CCNc1cnnc(Cl)n1. The molecule has 0 bridgehead atoms. The Kier molecular flexibility index (Phi) is 3.39. The topological polar surface area (TPSA) is 93.8 Å². The minimum Gasteiger partial charge on any atom is -0.370 e. The van der Waals surface area contributed by atoms with Crippen LogP contribution >= 0.6 is 11.6 Å². The second-order valence-electron chi connectivity index (χ2n) is 2.25. The van der Waals surface area contributed by atoms with E-state index in [1.807, 2.05) is 0 Å². The molecule has 1 amide bonds. The Morgan fingerprint density at radius 1 is 1.69 bits per heavy atom. The van der Waals surface area contributed by atoms with Crippen molar-refractivity contribution in [2.75, 3.05) is 11.9 Å². The third-order valence-corrected chi connectivity index (χ3v) is 1.37. The summed E-state index contributed by atoms with van der Waals surface area (Å²) in [6.07, 6.45) is 1.65. The van der Waals surface area contributed by atoms with Crippen LogP contribution in [-0.2, 0) is 4.79 Å². The molecular weight excluding hydrogens is 194 g/mol. The molecule has 0 aliphatic carbocycles. The summed E-state index contributed by atoms with van der Waals surface area (Å²) in [5.41, 5.74) is 4.93. The first-order valence-electron chi connectivity index (χ1n) is 3.56. The number of rotatable bonds is 4. The summed E-state index contributed by atoms with van der Waals surface area (Å²) in [5, 5.41) is 9.89. The zero-order valence-corrected chi connectivity index (χ0v) is 7.45. The number of carbonyl (C=O) groups is 1. The summed E-state index contributed by atoms with van der Waals surface area (Å²) in [6.45, 7) is 0.407. The lowest BCUT2D eigenvalue weighted by atomic mass is 10.4. The Hall–Kier alpha value is -1.43. The molecular formula is C6H8ClN5O. The second kappa shape index (κ2) is 4.56. The Morgan fingerprint density at radius 2 is 2.46 bits per heavy atom. The molecule has 0 unspecified atom stereocenters. The number of anilines is 1. The third kappa shape index (κ3) is 3.66. The van der Waals surface area contributed by atoms with E-state index in [-0.39, 0.29) is 17.6 Å². The highest BCUT2D eigenvalue weighted by molar-refractivity contribution is 6.28. The number of aromatic nitrogens is 3. The second-order valence-corrected chi connectivity index (χ2v) is 2.59. The van der Waals surface area contributed by atoms with E-state index >= 15 is 0 Å². The zero-order chi connectivity index (χ0) is 9.68. The Morgan fingerprint density at radius 3 is 3.08 bits per heavy atom. The number of nitrogens with one attached hydrogen (secondary N) is 1. The molecule has 1 rings (SSSR count). The van der Waals surface area contributed by atoms with Gasteiger partial charge in [-0.1, -0.05) is 0 Å². The molecule has 70 valence electrons. The maximum Gasteiger partial charge on any atom is 0.244 e. The number of hydrogen-bond acceptors (Lipinski definition) is 5. The van der Waals surface area contributed by atoms with Crippen molar-refractivity contribution in [2.24, 2.45) is 5.73 Å². The largest absolute Gasteiger partial charge is 0.370 e. The first-order chi connectivity index (χ1) is 6.18. The highest BCUT2D eigenvalue weighted by Crippen LogP contribution is 2.02. The van der Waals surface area contributed by atoms with Gasteiger partial charge in [0, 0.05) is 13.0 Å². The van der Waals surface area contributed by atoms with Gasteiger partial charge in [-0.15, -0.1) is 5.10 Å². The summed E-state index contributed by atoms with van der Waals surface area (Å²) in [4.78, 5) is 14.2. The summed E-state index contributed by atoms with van der Waals surface area (Å²) < 4.78 is 0. The lowest BCUT2D eigenvalue weighted by Crippen LogP contribution is -2.16. The van der Waals surface area contributed by atoms with Crippen LogP contribution in [0.15, 0.2) is 6.20 Å². The van der Waals surface area contributed by atoms with E-state index in [1.165, 1.54) is 6.20 Å². The van der Waals surface area contributed by atoms with Crippen molar-refractivity contribution in [1.29, 1.82) is 0 Å². The first-order valence-corrected chi connectivity index (χ1v) is 3.93. The predicted molar refractivity (Wildman–Crippen MR) is 47.1 cm³/mol. The van der Waals surface area contributed by atoms with Gasteiger partial charge >= 0.3 is 0 Å². The molecule has 0 atom stereocenters. The van der Waals surface area contributed by atoms with Crippen LogP contribution in [0, 0.1) is 0 Å². The summed E-state index contributed by atoms with van der Waals surface area (Å²) in [6, 6.07) is 0. The van der Waals surface area contributed by atoms with Crippen LogP contribution in [0.25, 0.3) is 0 Å². The molecule has 13 heavy (non-hydrogen) atoms. The molecule has 0 aromatic carbocycles. The molecule has 0 spiro atoms. The van der Waals surface area contributed by atoms with Gasteiger partial charge in [-0.25, -0.2) is 0 Å². The number of nitrogens with zero attached hydrogens (tertiary/aromatic N) is 3. The fourth-order valence-electron chi connectivity index (χ4n) is 0.681. The van der Waals surface area contributed by atoms with Crippen LogP contribution in [0.3, 0.4) is 0 Å². The van der Waals surface area contributed by atoms with Gasteiger partial charge in [-0.2, -0.15) is 10.1 Å². The number of carbonyl (C=O) groups excluding carboxylic acids is 1. The Balaban J connectivity index is 2.41. The summed E-state index contributed by atoms with van der Waals surface area (Å²) in [7, 11) is 0. The van der Waals surface area contributed by atoms with Crippen molar-refractivity contribution >= 4 is 23.3 Å². The molecule has 6 nitrogen and oxygen atoms in total. The predicted octanol–water partition coefficient (Wildman–Crippen LogP) is -0.188. The van der Waals surface area contributed by atoms with Gasteiger partial charge in [0.05, 0.1) is 6.20 Å². The fourth-order valence-corrected chi connectivity index (χ4v) is 0.815. The smallest absolute Gasteiger partial charge is 0.244 e. The zero-order valence-electron chi connectivity index (χ0n) is 6.70. The van der Waals surface area contributed by atoms with Crippen LogP contribution in [0.4, 0.5) is 5.82 Å². The molecule has 0 radical (unpaired) electrons. The monoisotopic (exact) mass is 201 g/mol. The van der Waals surface area contributed by atoms with Gasteiger partial charge in [-0.05, 0) is 11.6 Å². The standard InChI is InChI=1S/C6H8ClN5O/c7-6-11-5(3-10-12-6)9-2-1-4(8)13/h3H,1-2H2,(H2,8,13)(H,9,11,12). The molecule has 0 saturated heterocycles. The molecule has 1 heterocycles. The molecule has 1 aromatic heterocycles. The Labute approximate surface area is 79.5 Å². The van der Waals surface area contributed by atoms with Gasteiger partial charge < -0.3 is 11.1 Å². The van der Waals surface area contributed by atoms with Crippen LogP contribution in [0.2, 0.25) is 5.28 Å². The summed E-state index contributed by atoms with van der Waals surface area (Å²) >= 11 is 5.47. The number of halogens is 1. The van der Waals surface area contributed by atoms with Crippen molar-refractivity contribution in [1.82, 2.24) is 15.2 Å². The number of primary amides is 1. The minimum absolute atomic E-state index is 0.0593. The van der Waals surface area contributed by atoms with Crippen LogP contribution in [-0.4, -0.2) is 27.6 Å². The van der Waals surface area contributed by atoms with Gasteiger partial charge in [0.1, 0.15) is 5.82 Å². The van der Waals surface area contributed by atoms with Crippen molar-refractivity contribution in [3.63, 3.8) is 0 Å². The third-order valence-electron chi connectivity index (χ3n) is 1.21. The normalized spacial score (nSPS) is 9.62. The molecule has 0 aliphatic rings. The molecule has 3 N–H and O–H groups in total. The molecule has 0 aliphatic heterocycles. The summed E-state index contributed by atoms with van der Waals surface area (Å²) in [5.74, 6) is 0.0989. The molecule has 7 heteroatoms. The highest BCUT2D eigenvalue weighted by Gasteiger charge is 1.97. The van der Waals surface area contributed by atoms with Crippen LogP contribution in [0.1, 0.15) is 6.42 Å². The van der Waals surface area contributed by atoms with E-state index in [2.05, 4.69) is 20.5 Å². The number of amides is 1. The maximum atomic E-state index is 10.4. The fraction of sp³-hybridized carbons (Fsp3) is 0.333. The van der Waals surface area contributed by atoms with Gasteiger partial charge in [0.2, 0.25) is 11.2 Å². The van der Waals surface area contributed by atoms with E-state index in [0.717, 1.165) is 0 Å². The lowest BCUT2D eigenvalue weighted by molar-refractivity contribution is -0.117. The van der Waals surface area contributed by atoms with Crippen molar-refractivity contribution < 1.29 is 4.79 Å². The lowest BCUT2D eigenvalue weighted by Gasteiger charge is -2.01. The number of hydrogen-bond donors (Lipinski definition) is 2. The van der Waals surface area contributed by atoms with Gasteiger partial charge in [-0.3, -0.25) is 4.79 Å². The van der Waals surface area contributed by atoms with E-state index in [1.54, 1.807) is 0 Å². The van der Waals surface area contributed by atoms with E-state index in [9.17, 15) is 4.79 Å². The molecule has 1 aromatic rings. The van der Waals surface area contributed by atoms with E-state index < -0.39 is 0 Å². The quantitative estimate of drug-likeness (QED) is 0.705. The minimum atomic E-state index is -0.374. The first kappa shape index (κ1) is 9.66. The van der Waals surface area contributed by atoms with Crippen molar-refractivity contribution in [2.45, 2.75) is 6.42 Å². The van der Waals surface area contributed by atoms with Gasteiger partial charge in [0.25, 0.3) is 0 Å². The molecule has 0 fully saturated rings. The maximum absolute atomic E-state index is 10.4.